The Bertz CT molecular complexity index is 1040. The first-order valence-corrected chi connectivity index (χ1v) is 8.92. The van der Waals surface area contributed by atoms with Crippen molar-refractivity contribution < 1.29 is 19.1 Å². The van der Waals surface area contributed by atoms with Crippen molar-refractivity contribution in [2.24, 2.45) is 0 Å². The number of carbonyl (C=O) groups excluding carboxylic acids is 3. The van der Waals surface area contributed by atoms with Gasteiger partial charge in [-0.1, -0.05) is 23.7 Å². The summed E-state index contributed by atoms with van der Waals surface area (Å²) in [7, 11) is 2.61. The number of likely N-dealkylation sites (N-methyl/N-ethyl adjacent to an activating group) is 2. The summed E-state index contributed by atoms with van der Waals surface area (Å²) in [6.45, 7) is 0.212. The van der Waals surface area contributed by atoms with Crippen LogP contribution in [0.25, 0.3) is 6.08 Å². The monoisotopic (exact) mass is 409 g/mol. The Morgan fingerprint density at radius 1 is 1.03 bits per heavy atom. The second-order valence-corrected chi connectivity index (χ2v) is 6.78. The number of amides is 4. The van der Waals surface area contributed by atoms with Gasteiger partial charge < -0.3 is 4.74 Å². The van der Waals surface area contributed by atoms with Gasteiger partial charge in [-0.3, -0.25) is 19.4 Å². The maximum absolute atomic E-state index is 12.4. The zero-order chi connectivity index (χ0) is 21.1. The van der Waals surface area contributed by atoms with Crippen molar-refractivity contribution in [2.75, 3.05) is 14.1 Å². The zero-order valence-corrected chi connectivity index (χ0v) is 16.4. The summed E-state index contributed by atoms with van der Waals surface area (Å²) in [4.78, 5) is 38.5. The normalized spacial score (nSPS) is 14.1. The maximum Gasteiger partial charge on any atom is 0.333 e. The third-order valence-electron chi connectivity index (χ3n) is 4.39. The van der Waals surface area contributed by atoms with Gasteiger partial charge in [0.05, 0.1) is 11.6 Å². The Kier molecular flexibility index (Phi) is 5.66. The van der Waals surface area contributed by atoms with Gasteiger partial charge in [-0.25, -0.2) is 4.79 Å². The van der Waals surface area contributed by atoms with E-state index in [9.17, 15) is 14.4 Å². The van der Waals surface area contributed by atoms with E-state index in [0.29, 0.717) is 21.9 Å². The quantitative estimate of drug-likeness (QED) is 0.571. The number of carbonyl (C=O) groups is 3. The summed E-state index contributed by atoms with van der Waals surface area (Å²) in [5, 5.41) is 9.27. The molecule has 0 saturated carbocycles. The molecule has 0 bridgehead atoms. The molecule has 0 N–H and O–H groups in total. The highest BCUT2D eigenvalue weighted by atomic mass is 35.5. The Morgan fingerprint density at radius 2 is 1.66 bits per heavy atom. The maximum atomic E-state index is 12.4. The molecule has 1 aliphatic rings. The van der Waals surface area contributed by atoms with Gasteiger partial charge in [0, 0.05) is 24.7 Å². The number of imide groups is 2. The fraction of sp³-hybridized carbons (Fsp3) is 0.143. The van der Waals surface area contributed by atoms with Crippen molar-refractivity contribution >= 4 is 35.5 Å². The van der Waals surface area contributed by atoms with E-state index in [4.69, 9.17) is 21.6 Å². The number of barbiturate groups is 1. The summed E-state index contributed by atoms with van der Waals surface area (Å²) < 4.78 is 5.84. The number of benzene rings is 2. The second kappa shape index (κ2) is 8.17. The standard InChI is InChI=1S/C21H16ClN3O4/c1-24-19(26)17(20(27)25(2)21(24)28)10-15-9-16(22)7-8-18(15)29-12-14-5-3-13(11-23)4-6-14/h3-10H,12H2,1-2H3. The SMILES string of the molecule is CN1C(=O)C(=Cc2cc(Cl)ccc2OCc2ccc(C#N)cc2)C(=O)N(C)C1=O. The second-order valence-electron chi connectivity index (χ2n) is 6.35. The van der Waals surface area contributed by atoms with Crippen LogP contribution in [-0.4, -0.2) is 41.7 Å². The van der Waals surface area contributed by atoms with Crippen LogP contribution in [0.15, 0.2) is 48.0 Å². The molecule has 1 heterocycles. The van der Waals surface area contributed by atoms with E-state index < -0.39 is 17.8 Å². The Hall–Kier alpha value is -3.63. The number of rotatable bonds is 4. The number of nitrogens with zero attached hydrogens (tertiary/aromatic N) is 3. The molecule has 1 fully saturated rings. The van der Waals surface area contributed by atoms with Crippen molar-refractivity contribution in [1.29, 1.82) is 5.26 Å². The van der Waals surface area contributed by atoms with Crippen molar-refractivity contribution in [1.82, 2.24) is 9.80 Å². The van der Waals surface area contributed by atoms with Crippen LogP contribution in [0.4, 0.5) is 4.79 Å². The highest BCUT2D eigenvalue weighted by Gasteiger charge is 2.37. The molecule has 0 aromatic heterocycles. The van der Waals surface area contributed by atoms with Gasteiger partial charge in [0.2, 0.25) is 0 Å². The number of nitriles is 1. The van der Waals surface area contributed by atoms with Crippen LogP contribution in [0, 0.1) is 11.3 Å². The minimum Gasteiger partial charge on any atom is -0.488 e. The molecule has 0 atom stereocenters. The molecule has 3 rings (SSSR count). The average molecular weight is 410 g/mol. The van der Waals surface area contributed by atoms with Gasteiger partial charge in [0.1, 0.15) is 17.9 Å². The summed E-state index contributed by atoms with van der Waals surface area (Å²) in [6, 6.07) is 13.1. The minimum atomic E-state index is -0.698. The lowest BCUT2D eigenvalue weighted by molar-refractivity contribution is -0.134. The highest BCUT2D eigenvalue weighted by Crippen LogP contribution is 2.28. The number of ether oxygens (including phenoxy) is 1. The van der Waals surface area contributed by atoms with Crippen molar-refractivity contribution in [2.45, 2.75) is 6.61 Å². The molecular formula is C21H16ClN3O4. The molecule has 29 heavy (non-hydrogen) atoms. The first-order valence-electron chi connectivity index (χ1n) is 8.55. The summed E-state index contributed by atoms with van der Waals surface area (Å²) >= 11 is 6.08. The third kappa shape index (κ3) is 4.13. The minimum absolute atomic E-state index is 0.167. The van der Waals surface area contributed by atoms with Crippen molar-refractivity contribution in [3.05, 3.63) is 69.8 Å². The Balaban J connectivity index is 1.91. The van der Waals surface area contributed by atoms with Gasteiger partial charge in [-0.15, -0.1) is 0 Å². The Labute approximate surface area is 172 Å². The van der Waals surface area contributed by atoms with Crippen LogP contribution in [0.5, 0.6) is 5.75 Å². The van der Waals surface area contributed by atoms with Crippen LogP contribution in [0.3, 0.4) is 0 Å². The molecule has 146 valence electrons. The van der Waals surface area contributed by atoms with Gasteiger partial charge in [0.25, 0.3) is 11.8 Å². The third-order valence-corrected chi connectivity index (χ3v) is 4.63. The molecule has 7 nitrogen and oxygen atoms in total. The summed E-state index contributed by atoms with van der Waals surface area (Å²) in [5.74, 6) is -0.985. The van der Waals surface area contributed by atoms with Crippen LogP contribution < -0.4 is 4.74 Å². The molecule has 0 aliphatic carbocycles. The lowest BCUT2D eigenvalue weighted by Crippen LogP contribution is -2.52. The lowest BCUT2D eigenvalue weighted by atomic mass is 10.1. The first-order chi connectivity index (χ1) is 13.8. The van der Waals surface area contributed by atoms with Crippen LogP contribution in [0.1, 0.15) is 16.7 Å². The van der Waals surface area contributed by atoms with Gasteiger partial charge in [-0.2, -0.15) is 5.26 Å². The molecule has 0 spiro atoms. The fourth-order valence-electron chi connectivity index (χ4n) is 2.73. The fourth-order valence-corrected chi connectivity index (χ4v) is 2.91. The van der Waals surface area contributed by atoms with Crippen LogP contribution in [0.2, 0.25) is 5.02 Å². The average Bonchev–Trinajstić information content (AvgIpc) is 2.73. The molecule has 1 saturated heterocycles. The predicted molar refractivity (Wildman–Crippen MR) is 106 cm³/mol. The van der Waals surface area contributed by atoms with E-state index in [1.165, 1.54) is 20.2 Å². The van der Waals surface area contributed by atoms with E-state index in [2.05, 4.69) is 0 Å². The number of hydrogen-bond donors (Lipinski definition) is 0. The molecule has 0 unspecified atom stereocenters. The molecular weight excluding hydrogens is 394 g/mol. The first kappa shape index (κ1) is 20.1. The molecule has 4 amide bonds. The highest BCUT2D eigenvalue weighted by molar-refractivity contribution is 6.32. The van der Waals surface area contributed by atoms with E-state index in [1.807, 2.05) is 6.07 Å². The van der Waals surface area contributed by atoms with E-state index in [0.717, 1.165) is 15.4 Å². The molecule has 2 aromatic carbocycles. The number of urea groups is 1. The largest absolute Gasteiger partial charge is 0.488 e. The van der Waals surface area contributed by atoms with E-state index in [-0.39, 0.29) is 12.2 Å². The van der Waals surface area contributed by atoms with Crippen molar-refractivity contribution in [3.8, 4) is 11.8 Å². The van der Waals surface area contributed by atoms with Crippen molar-refractivity contribution in [3.63, 3.8) is 0 Å². The molecule has 1 aliphatic heterocycles. The van der Waals surface area contributed by atoms with E-state index in [1.54, 1.807) is 42.5 Å². The number of halogens is 1. The zero-order valence-electron chi connectivity index (χ0n) is 15.7. The van der Waals surface area contributed by atoms with Gasteiger partial charge in [0.15, 0.2) is 0 Å². The Morgan fingerprint density at radius 3 is 2.24 bits per heavy atom. The smallest absolute Gasteiger partial charge is 0.333 e. The number of hydrogen-bond acceptors (Lipinski definition) is 5. The summed E-state index contributed by atoms with van der Waals surface area (Å²) in [5.41, 5.74) is 1.65. The predicted octanol–water partition coefficient (Wildman–Crippen LogP) is 3.22. The molecule has 2 aromatic rings. The topological polar surface area (TPSA) is 90.7 Å². The van der Waals surface area contributed by atoms with Crippen LogP contribution in [-0.2, 0) is 16.2 Å². The lowest BCUT2D eigenvalue weighted by Gasteiger charge is -2.29. The van der Waals surface area contributed by atoms with E-state index >= 15 is 0 Å². The molecule has 0 radical (unpaired) electrons. The van der Waals surface area contributed by atoms with Gasteiger partial charge in [-0.05, 0) is 42.0 Å². The van der Waals surface area contributed by atoms with Crippen LogP contribution >= 0.6 is 11.6 Å². The van der Waals surface area contributed by atoms with Gasteiger partial charge >= 0.3 is 6.03 Å². The summed E-state index contributed by atoms with van der Waals surface area (Å²) in [6.07, 6.45) is 1.37. The molecule has 8 heteroatoms.